The number of benzene rings is 4. The Bertz CT molecular complexity index is 1690. The van der Waals surface area contributed by atoms with Crippen LogP contribution in [0, 0.1) is 6.92 Å². The molecule has 0 heterocycles. The fourth-order valence-electron chi connectivity index (χ4n) is 4.71. The van der Waals surface area contributed by atoms with Crippen LogP contribution in [0.4, 0.5) is 5.69 Å². The minimum atomic E-state index is -4.19. The molecule has 230 valence electrons. The van der Waals surface area contributed by atoms with Gasteiger partial charge in [-0.1, -0.05) is 94.3 Å². The predicted octanol–water partition coefficient (Wildman–Crippen LogP) is 6.77. The summed E-state index contributed by atoms with van der Waals surface area (Å²) in [5.74, 6) is -0.867. The molecule has 4 rings (SSSR count). The summed E-state index contributed by atoms with van der Waals surface area (Å²) >= 11 is 9.88. The van der Waals surface area contributed by atoms with Gasteiger partial charge in [-0.05, 0) is 73.9 Å². The number of sulfonamides is 1. The van der Waals surface area contributed by atoms with Crippen molar-refractivity contribution in [3.8, 4) is 0 Å². The molecule has 1 atom stereocenters. The van der Waals surface area contributed by atoms with Crippen molar-refractivity contribution in [1.29, 1.82) is 0 Å². The molecular formula is C34H35BrClN3O4S. The first kappa shape index (κ1) is 33.2. The van der Waals surface area contributed by atoms with Gasteiger partial charge >= 0.3 is 0 Å². The lowest BCUT2D eigenvalue weighted by molar-refractivity contribution is -0.140. The fraction of sp³-hybridized carbons (Fsp3) is 0.235. The molecule has 7 nitrogen and oxygen atoms in total. The fourth-order valence-corrected chi connectivity index (χ4v) is 6.57. The second kappa shape index (κ2) is 14.9. The standard InChI is InChI=1S/C34H35BrClN3O4S/c1-24(2)37-34(41)32(20-26-10-6-4-7-11-26)38(22-27-15-17-28(35)18-16-27)33(40)23-39(29-19-14-25(3)31(36)21-29)44(42,43)30-12-8-5-9-13-30/h4-19,21,24,32H,20,22-23H2,1-3H3,(H,37,41)/t32-/m1/s1. The number of carbonyl (C=O) groups is 2. The summed E-state index contributed by atoms with van der Waals surface area (Å²) in [5, 5.41) is 3.33. The van der Waals surface area contributed by atoms with Gasteiger partial charge in [-0.2, -0.15) is 0 Å². The zero-order valence-electron chi connectivity index (χ0n) is 24.8. The summed E-state index contributed by atoms with van der Waals surface area (Å²) in [6.45, 7) is 5.06. The van der Waals surface area contributed by atoms with E-state index in [0.29, 0.717) is 5.02 Å². The van der Waals surface area contributed by atoms with Crippen LogP contribution < -0.4 is 9.62 Å². The number of amides is 2. The van der Waals surface area contributed by atoms with E-state index in [2.05, 4.69) is 21.2 Å². The summed E-state index contributed by atoms with van der Waals surface area (Å²) in [6.07, 6.45) is 0.240. The van der Waals surface area contributed by atoms with Crippen molar-refractivity contribution in [2.45, 2.75) is 50.7 Å². The molecule has 2 amide bonds. The van der Waals surface area contributed by atoms with Crippen LogP contribution in [0.2, 0.25) is 5.02 Å². The van der Waals surface area contributed by atoms with Crippen molar-refractivity contribution in [2.75, 3.05) is 10.8 Å². The number of aryl methyl sites for hydroxylation is 1. The van der Waals surface area contributed by atoms with Crippen LogP contribution in [0.3, 0.4) is 0 Å². The number of hydrogen-bond acceptors (Lipinski definition) is 4. The maximum absolute atomic E-state index is 14.4. The molecular weight excluding hydrogens is 662 g/mol. The van der Waals surface area contributed by atoms with E-state index in [-0.39, 0.29) is 35.5 Å². The Balaban J connectivity index is 1.81. The van der Waals surface area contributed by atoms with Crippen molar-refractivity contribution in [1.82, 2.24) is 10.2 Å². The van der Waals surface area contributed by atoms with Crippen molar-refractivity contribution >= 4 is 55.1 Å². The highest BCUT2D eigenvalue weighted by atomic mass is 79.9. The van der Waals surface area contributed by atoms with E-state index in [1.807, 2.05) is 75.4 Å². The Kier molecular flexibility index (Phi) is 11.2. The van der Waals surface area contributed by atoms with Gasteiger partial charge in [-0.25, -0.2) is 8.42 Å². The number of carbonyl (C=O) groups excluding carboxylic acids is 2. The van der Waals surface area contributed by atoms with E-state index in [0.717, 1.165) is 25.5 Å². The van der Waals surface area contributed by atoms with Crippen molar-refractivity contribution in [3.63, 3.8) is 0 Å². The second-order valence-corrected chi connectivity index (χ2v) is 14.0. The third kappa shape index (κ3) is 8.49. The molecule has 1 N–H and O–H groups in total. The number of hydrogen-bond donors (Lipinski definition) is 1. The largest absolute Gasteiger partial charge is 0.352 e. The van der Waals surface area contributed by atoms with Gasteiger partial charge in [-0.3, -0.25) is 13.9 Å². The molecule has 44 heavy (non-hydrogen) atoms. The van der Waals surface area contributed by atoms with Crippen LogP contribution in [-0.4, -0.2) is 43.8 Å². The maximum atomic E-state index is 14.4. The Hall–Kier alpha value is -3.66. The Morgan fingerprint density at radius 3 is 2.07 bits per heavy atom. The van der Waals surface area contributed by atoms with Gasteiger partial charge in [0.1, 0.15) is 12.6 Å². The Morgan fingerprint density at radius 2 is 1.48 bits per heavy atom. The lowest BCUT2D eigenvalue weighted by Gasteiger charge is -2.34. The third-order valence-electron chi connectivity index (χ3n) is 7.02. The number of nitrogens with zero attached hydrogens (tertiary/aromatic N) is 2. The van der Waals surface area contributed by atoms with Gasteiger partial charge in [0.25, 0.3) is 10.0 Å². The summed E-state index contributed by atoms with van der Waals surface area (Å²) in [6, 6.07) is 28.6. The van der Waals surface area contributed by atoms with E-state index < -0.39 is 28.5 Å². The molecule has 0 aromatic heterocycles. The van der Waals surface area contributed by atoms with Crippen LogP contribution in [0.25, 0.3) is 0 Å². The zero-order chi connectivity index (χ0) is 31.9. The second-order valence-electron chi connectivity index (χ2n) is 10.8. The predicted molar refractivity (Wildman–Crippen MR) is 179 cm³/mol. The Morgan fingerprint density at radius 1 is 0.864 bits per heavy atom. The SMILES string of the molecule is Cc1ccc(N(CC(=O)N(Cc2ccc(Br)cc2)[C@H](Cc2ccccc2)C(=O)NC(C)C)S(=O)(=O)c2ccccc2)cc1Cl. The molecule has 0 radical (unpaired) electrons. The van der Waals surface area contributed by atoms with Gasteiger partial charge < -0.3 is 10.2 Å². The summed E-state index contributed by atoms with van der Waals surface area (Å²) in [5.41, 5.74) is 2.66. The van der Waals surface area contributed by atoms with Crippen molar-refractivity contribution < 1.29 is 18.0 Å². The van der Waals surface area contributed by atoms with Gasteiger partial charge in [0.15, 0.2) is 0 Å². The number of halogens is 2. The monoisotopic (exact) mass is 695 g/mol. The van der Waals surface area contributed by atoms with Crippen molar-refractivity contribution in [2.24, 2.45) is 0 Å². The van der Waals surface area contributed by atoms with Crippen LogP contribution in [-0.2, 0) is 32.6 Å². The zero-order valence-corrected chi connectivity index (χ0v) is 27.9. The quantitative estimate of drug-likeness (QED) is 0.177. The van der Waals surface area contributed by atoms with Crippen LogP contribution in [0.15, 0.2) is 112 Å². The number of rotatable bonds is 12. The van der Waals surface area contributed by atoms with E-state index in [1.165, 1.54) is 23.1 Å². The lowest BCUT2D eigenvalue weighted by Crippen LogP contribution is -2.54. The normalized spacial score (nSPS) is 12.0. The molecule has 0 aliphatic carbocycles. The first-order valence-electron chi connectivity index (χ1n) is 14.2. The smallest absolute Gasteiger partial charge is 0.264 e. The first-order chi connectivity index (χ1) is 21.0. The molecule has 0 unspecified atom stereocenters. The molecule has 0 fully saturated rings. The van der Waals surface area contributed by atoms with E-state index >= 15 is 0 Å². The molecule has 0 aliphatic rings. The van der Waals surface area contributed by atoms with Crippen LogP contribution in [0.1, 0.15) is 30.5 Å². The van der Waals surface area contributed by atoms with Gasteiger partial charge in [0.2, 0.25) is 11.8 Å². The molecule has 10 heteroatoms. The molecule has 0 aliphatic heterocycles. The van der Waals surface area contributed by atoms with E-state index in [4.69, 9.17) is 11.6 Å². The van der Waals surface area contributed by atoms with Gasteiger partial charge in [0, 0.05) is 28.5 Å². The average molecular weight is 697 g/mol. The Labute approximate surface area is 273 Å². The van der Waals surface area contributed by atoms with E-state index in [1.54, 1.807) is 30.3 Å². The van der Waals surface area contributed by atoms with Crippen LogP contribution >= 0.6 is 27.5 Å². The molecule has 0 bridgehead atoms. The molecule has 4 aromatic carbocycles. The highest BCUT2D eigenvalue weighted by molar-refractivity contribution is 9.10. The van der Waals surface area contributed by atoms with Gasteiger partial charge in [0.05, 0.1) is 10.6 Å². The number of nitrogens with one attached hydrogen (secondary N) is 1. The summed E-state index contributed by atoms with van der Waals surface area (Å²) in [4.78, 5) is 29.7. The molecule has 0 spiro atoms. The topological polar surface area (TPSA) is 86.8 Å². The molecule has 0 saturated carbocycles. The van der Waals surface area contributed by atoms with Crippen molar-refractivity contribution in [3.05, 3.63) is 129 Å². The lowest BCUT2D eigenvalue weighted by atomic mass is 10.0. The highest BCUT2D eigenvalue weighted by Gasteiger charge is 2.35. The third-order valence-corrected chi connectivity index (χ3v) is 9.75. The van der Waals surface area contributed by atoms with Gasteiger partial charge in [-0.15, -0.1) is 0 Å². The summed E-state index contributed by atoms with van der Waals surface area (Å²) < 4.78 is 30.0. The minimum absolute atomic E-state index is 0.0299. The van der Waals surface area contributed by atoms with E-state index in [9.17, 15) is 18.0 Å². The number of anilines is 1. The minimum Gasteiger partial charge on any atom is -0.352 e. The molecule has 4 aromatic rings. The highest BCUT2D eigenvalue weighted by Crippen LogP contribution is 2.29. The first-order valence-corrected chi connectivity index (χ1v) is 16.8. The average Bonchev–Trinajstić information content (AvgIpc) is 3.00. The summed E-state index contributed by atoms with van der Waals surface area (Å²) in [7, 11) is -4.19. The maximum Gasteiger partial charge on any atom is 0.264 e. The molecule has 0 saturated heterocycles. The van der Waals surface area contributed by atoms with Crippen LogP contribution in [0.5, 0.6) is 0 Å².